The maximum Gasteiger partial charge on any atom is 0.108 e. The maximum absolute atomic E-state index is 5.83. The number of hydrogen-bond acceptors (Lipinski definition) is 1. The second-order valence-corrected chi connectivity index (χ2v) is 4.36. The normalized spacial score (nSPS) is 20.4. The number of rotatable bonds is 4. The Labute approximate surface area is 86.1 Å². The molecule has 14 heavy (non-hydrogen) atoms. The summed E-state index contributed by atoms with van der Waals surface area (Å²) in [5, 5.41) is 0. The Balaban J connectivity index is 1.88. The minimum absolute atomic E-state index is 0.317. The predicted octanol–water partition coefficient (Wildman–Crippen LogP) is 3.46. The van der Waals surface area contributed by atoms with Gasteiger partial charge in [0.15, 0.2) is 0 Å². The molecule has 0 spiro atoms. The number of fused-ring (bicyclic) bond motifs is 1. The maximum atomic E-state index is 5.83. The van der Waals surface area contributed by atoms with Crippen molar-refractivity contribution in [2.24, 2.45) is 5.92 Å². The van der Waals surface area contributed by atoms with E-state index in [4.69, 9.17) is 4.74 Å². The lowest BCUT2D eigenvalue weighted by molar-refractivity contribution is 0.0815. The van der Waals surface area contributed by atoms with Gasteiger partial charge in [-0.2, -0.15) is 0 Å². The molecule has 0 heterocycles. The molecule has 0 aliphatic heterocycles. The Bertz CT molecular complexity index is 330. The first kappa shape index (κ1) is 9.72. The molecule has 1 aliphatic carbocycles. The molecule has 1 heteroatoms. The SMILES string of the molecule is CCC(C)CO[C@@H]1c2ccc(C)cc21. The molecule has 0 aromatic heterocycles. The molecule has 0 saturated heterocycles. The summed E-state index contributed by atoms with van der Waals surface area (Å²) in [7, 11) is 0. The smallest absolute Gasteiger partial charge is 0.108 e. The molecule has 2 rings (SSSR count). The summed E-state index contributed by atoms with van der Waals surface area (Å²) >= 11 is 0. The van der Waals surface area contributed by atoms with E-state index in [0.29, 0.717) is 12.0 Å². The van der Waals surface area contributed by atoms with Gasteiger partial charge in [-0.1, -0.05) is 44.0 Å². The van der Waals surface area contributed by atoms with Gasteiger partial charge in [0.1, 0.15) is 6.10 Å². The zero-order valence-corrected chi connectivity index (χ0v) is 9.21. The Kier molecular flexibility index (Phi) is 2.60. The van der Waals surface area contributed by atoms with Crippen LogP contribution in [0.4, 0.5) is 0 Å². The van der Waals surface area contributed by atoms with E-state index in [1.54, 1.807) is 0 Å². The minimum Gasteiger partial charge on any atom is -0.368 e. The van der Waals surface area contributed by atoms with Gasteiger partial charge >= 0.3 is 0 Å². The summed E-state index contributed by atoms with van der Waals surface area (Å²) in [6.45, 7) is 7.45. The molecule has 0 N–H and O–H groups in total. The highest BCUT2D eigenvalue weighted by molar-refractivity contribution is 5.51. The van der Waals surface area contributed by atoms with E-state index in [0.717, 1.165) is 6.61 Å². The minimum atomic E-state index is 0.317. The first-order valence-electron chi connectivity index (χ1n) is 5.44. The molecule has 1 aromatic rings. The Morgan fingerprint density at radius 3 is 2.79 bits per heavy atom. The third kappa shape index (κ3) is 1.83. The largest absolute Gasteiger partial charge is 0.368 e. The van der Waals surface area contributed by atoms with Gasteiger partial charge in [-0.15, -0.1) is 0 Å². The summed E-state index contributed by atoms with van der Waals surface area (Å²) in [5.41, 5.74) is 4.12. The third-order valence-electron chi connectivity index (χ3n) is 2.97. The highest BCUT2D eigenvalue weighted by atomic mass is 16.5. The van der Waals surface area contributed by atoms with Crippen LogP contribution < -0.4 is 0 Å². The van der Waals surface area contributed by atoms with Crippen LogP contribution in [-0.2, 0) is 4.74 Å². The Morgan fingerprint density at radius 1 is 1.36 bits per heavy atom. The first-order valence-corrected chi connectivity index (χ1v) is 5.44. The van der Waals surface area contributed by atoms with Crippen LogP contribution in [-0.4, -0.2) is 6.61 Å². The van der Waals surface area contributed by atoms with Crippen LogP contribution in [0, 0.1) is 12.8 Å². The van der Waals surface area contributed by atoms with Crippen LogP contribution in [0.3, 0.4) is 0 Å². The predicted molar refractivity (Wildman–Crippen MR) is 58.4 cm³/mol. The van der Waals surface area contributed by atoms with E-state index in [1.165, 1.54) is 23.1 Å². The molecule has 0 radical (unpaired) electrons. The number of hydrogen-bond donors (Lipinski definition) is 0. The van der Waals surface area contributed by atoms with Crippen LogP contribution >= 0.6 is 0 Å². The van der Waals surface area contributed by atoms with Crippen molar-refractivity contribution in [1.82, 2.24) is 0 Å². The number of benzene rings is 1. The molecule has 0 fully saturated rings. The van der Waals surface area contributed by atoms with Crippen molar-refractivity contribution in [3.63, 3.8) is 0 Å². The van der Waals surface area contributed by atoms with Gasteiger partial charge in [-0.25, -0.2) is 0 Å². The van der Waals surface area contributed by atoms with Crippen LogP contribution in [0.25, 0.3) is 0 Å². The van der Waals surface area contributed by atoms with E-state index >= 15 is 0 Å². The zero-order valence-electron chi connectivity index (χ0n) is 9.21. The monoisotopic (exact) mass is 190 g/mol. The molecule has 1 aromatic carbocycles. The number of ether oxygens (including phenoxy) is 1. The van der Waals surface area contributed by atoms with E-state index in [9.17, 15) is 0 Å². The molecule has 1 nitrogen and oxygen atoms in total. The van der Waals surface area contributed by atoms with Gasteiger partial charge < -0.3 is 4.74 Å². The lowest BCUT2D eigenvalue weighted by Gasteiger charge is -2.07. The van der Waals surface area contributed by atoms with Crippen LogP contribution in [0.5, 0.6) is 0 Å². The van der Waals surface area contributed by atoms with Gasteiger partial charge in [0.2, 0.25) is 0 Å². The third-order valence-corrected chi connectivity index (χ3v) is 2.97. The molecule has 76 valence electrons. The molecule has 0 bridgehead atoms. The average molecular weight is 190 g/mol. The van der Waals surface area contributed by atoms with E-state index < -0.39 is 0 Å². The van der Waals surface area contributed by atoms with Crippen molar-refractivity contribution in [3.8, 4) is 0 Å². The highest BCUT2D eigenvalue weighted by Gasteiger charge is 2.33. The summed E-state index contributed by atoms with van der Waals surface area (Å²) < 4.78 is 5.83. The van der Waals surface area contributed by atoms with E-state index in [2.05, 4.69) is 39.0 Å². The second-order valence-electron chi connectivity index (χ2n) is 4.36. The summed E-state index contributed by atoms with van der Waals surface area (Å²) in [6.07, 6.45) is 1.51. The molecule has 0 saturated carbocycles. The van der Waals surface area contributed by atoms with Crippen LogP contribution in [0.2, 0.25) is 0 Å². The fraction of sp³-hybridized carbons (Fsp3) is 0.538. The second kappa shape index (κ2) is 3.74. The summed E-state index contributed by atoms with van der Waals surface area (Å²) in [5.74, 6) is 0.674. The lowest BCUT2D eigenvalue weighted by Crippen LogP contribution is -2.03. The van der Waals surface area contributed by atoms with Crippen molar-refractivity contribution < 1.29 is 4.74 Å². The Morgan fingerprint density at radius 2 is 2.14 bits per heavy atom. The zero-order chi connectivity index (χ0) is 10.1. The van der Waals surface area contributed by atoms with Gasteiger partial charge in [0.05, 0.1) is 6.61 Å². The van der Waals surface area contributed by atoms with Gasteiger partial charge in [-0.3, -0.25) is 0 Å². The quantitative estimate of drug-likeness (QED) is 0.706. The average Bonchev–Trinajstić information content (AvgIpc) is 2.86. The van der Waals surface area contributed by atoms with Crippen LogP contribution in [0.15, 0.2) is 18.2 Å². The van der Waals surface area contributed by atoms with Gasteiger partial charge in [0.25, 0.3) is 0 Å². The standard InChI is InChI=1S/C13H18O/c1-4-9(2)8-14-13-11-6-5-10(3)7-12(11)13/h5-7,9,13H,4,8H2,1-3H3/t9?,13-/m1/s1. The van der Waals surface area contributed by atoms with Crippen molar-refractivity contribution in [2.75, 3.05) is 6.61 Å². The van der Waals surface area contributed by atoms with Gasteiger partial charge in [-0.05, 0) is 24.0 Å². The molecular formula is C13H18O. The molecule has 2 atom stereocenters. The summed E-state index contributed by atoms with van der Waals surface area (Å²) in [4.78, 5) is 0. The topological polar surface area (TPSA) is 9.23 Å². The molecule has 0 amide bonds. The van der Waals surface area contributed by atoms with E-state index in [1.807, 2.05) is 0 Å². The molecular weight excluding hydrogens is 172 g/mol. The van der Waals surface area contributed by atoms with Crippen LogP contribution in [0.1, 0.15) is 43.1 Å². The first-order chi connectivity index (χ1) is 6.72. The Hall–Kier alpha value is -0.820. The van der Waals surface area contributed by atoms with Crippen molar-refractivity contribution in [3.05, 3.63) is 34.9 Å². The molecule has 1 aliphatic rings. The van der Waals surface area contributed by atoms with Crippen molar-refractivity contribution in [2.45, 2.75) is 33.3 Å². The number of aryl methyl sites for hydroxylation is 1. The van der Waals surface area contributed by atoms with E-state index in [-0.39, 0.29) is 0 Å². The summed E-state index contributed by atoms with van der Waals surface area (Å²) in [6, 6.07) is 6.58. The fourth-order valence-electron chi connectivity index (χ4n) is 1.65. The fourth-order valence-corrected chi connectivity index (χ4v) is 1.65. The van der Waals surface area contributed by atoms with Crippen molar-refractivity contribution in [1.29, 1.82) is 0 Å². The lowest BCUT2D eigenvalue weighted by atomic mass is 10.1. The van der Waals surface area contributed by atoms with Gasteiger partial charge in [0, 0.05) is 0 Å². The highest BCUT2D eigenvalue weighted by Crippen LogP contribution is 2.44. The van der Waals surface area contributed by atoms with Crippen molar-refractivity contribution >= 4 is 0 Å². The molecule has 1 unspecified atom stereocenters.